The highest BCUT2D eigenvalue weighted by molar-refractivity contribution is 7.12. The Bertz CT molecular complexity index is 1110. The summed E-state index contributed by atoms with van der Waals surface area (Å²) >= 11 is 3.00. The van der Waals surface area contributed by atoms with Gasteiger partial charge in [0.05, 0.1) is 17.5 Å². The Labute approximate surface area is 206 Å². The molecule has 0 radical (unpaired) electrons. The van der Waals surface area contributed by atoms with E-state index >= 15 is 0 Å². The first-order valence-electron chi connectivity index (χ1n) is 11.3. The molecule has 4 heterocycles. The highest BCUT2D eigenvalue weighted by Crippen LogP contribution is 2.33. The molecule has 2 aliphatic heterocycles. The van der Waals surface area contributed by atoms with Crippen LogP contribution >= 0.6 is 22.7 Å². The summed E-state index contributed by atoms with van der Waals surface area (Å²) in [4.78, 5) is 32.0. The van der Waals surface area contributed by atoms with Gasteiger partial charge >= 0.3 is 0 Å². The Hall–Kier alpha value is -2.88. The molecule has 0 N–H and O–H groups in total. The fourth-order valence-electron chi connectivity index (χ4n) is 4.16. The lowest BCUT2D eigenvalue weighted by atomic mass is 10.1. The Balaban J connectivity index is 1.35. The third kappa shape index (κ3) is 5.43. The molecule has 0 spiro atoms. The van der Waals surface area contributed by atoms with Gasteiger partial charge in [-0.2, -0.15) is 0 Å². The summed E-state index contributed by atoms with van der Waals surface area (Å²) in [7, 11) is 0. The van der Waals surface area contributed by atoms with Gasteiger partial charge in [-0.15, -0.1) is 22.7 Å². The number of nitrogens with zero attached hydrogens (tertiary/aromatic N) is 2. The smallest absolute Gasteiger partial charge is 0.264 e. The minimum Gasteiger partial charge on any atom is -0.454 e. The number of ether oxygens (including phenoxy) is 3. The molecule has 2 amide bonds. The zero-order valence-electron chi connectivity index (χ0n) is 18.7. The van der Waals surface area contributed by atoms with Crippen molar-refractivity contribution >= 4 is 34.5 Å². The van der Waals surface area contributed by atoms with E-state index in [1.165, 1.54) is 11.3 Å². The van der Waals surface area contributed by atoms with Crippen molar-refractivity contribution in [3.63, 3.8) is 0 Å². The monoisotopic (exact) mass is 498 g/mol. The second-order valence-electron chi connectivity index (χ2n) is 8.31. The van der Waals surface area contributed by atoms with E-state index in [0.717, 1.165) is 23.3 Å². The Morgan fingerprint density at radius 3 is 2.59 bits per heavy atom. The van der Waals surface area contributed by atoms with Gasteiger partial charge in [0.15, 0.2) is 11.5 Å². The van der Waals surface area contributed by atoms with Crippen molar-refractivity contribution in [2.24, 2.45) is 0 Å². The molecular weight excluding hydrogens is 472 g/mol. The van der Waals surface area contributed by atoms with Crippen LogP contribution in [0, 0.1) is 0 Å². The summed E-state index contributed by atoms with van der Waals surface area (Å²) in [6, 6.07) is 13.4. The second-order valence-corrected chi connectivity index (χ2v) is 10.3. The van der Waals surface area contributed by atoms with Crippen LogP contribution < -0.4 is 9.47 Å². The van der Waals surface area contributed by atoms with Crippen molar-refractivity contribution in [3.8, 4) is 11.5 Å². The van der Waals surface area contributed by atoms with Crippen LogP contribution in [0.1, 0.15) is 33.0 Å². The molecule has 1 atom stereocenters. The lowest BCUT2D eigenvalue weighted by Crippen LogP contribution is -2.45. The molecule has 0 saturated carbocycles. The van der Waals surface area contributed by atoms with Crippen LogP contribution in [-0.2, 0) is 22.6 Å². The summed E-state index contributed by atoms with van der Waals surface area (Å²) < 4.78 is 16.7. The van der Waals surface area contributed by atoms with Crippen LogP contribution in [0.5, 0.6) is 11.5 Å². The quantitative estimate of drug-likeness (QED) is 0.438. The first kappa shape index (κ1) is 22.9. The lowest BCUT2D eigenvalue weighted by Gasteiger charge is -2.29. The van der Waals surface area contributed by atoms with E-state index in [0.29, 0.717) is 42.6 Å². The summed E-state index contributed by atoms with van der Waals surface area (Å²) in [6.45, 7) is 2.22. The molecule has 0 aliphatic carbocycles. The van der Waals surface area contributed by atoms with Crippen molar-refractivity contribution in [2.45, 2.75) is 32.0 Å². The zero-order valence-corrected chi connectivity index (χ0v) is 20.3. The van der Waals surface area contributed by atoms with E-state index in [-0.39, 0.29) is 31.3 Å². The molecule has 178 valence electrons. The van der Waals surface area contributed by atoms with Crippen LogP contribution in [0.2, 0.25) is 0 Å². The maximum atomic E-state index is 13.6. The Morgan fingerprint density at radius 1 is 0.971 bits per heavy atom. The predicted molar refractivity (Wildman–Crippen MR) is 130 cm³/mol. The van der Waals surface area contributed by atoms with Crippen molar-refractivity contribution in [2.75, 3.05) is 26.5 Å². The van der Waals surface area contributed by atoms with Crippen LogP contribution in [-0.4, -0.2) is 54.2 Å². The number of rotatable bonds is 9. The van der Waals surface area contributed by atoms with Crippen LogP contribution in [0.25, 0.3) is 0 Å². The summed E-state index contributed by atoms with van der Waals surface area (Å²) in [5.74, 6) is 1.17. The highest BCUT2D eigenvalue weighted by Gasteiger charge is 2.28. The van der Waals surface area contributed by atoms with Gasteiger partial charge in [0.2, 0.25) is 12.7 Å². The average Bonchev–Trinajstić information content (AvgIpc) is 3.65. The molecule has 3 aromatic rings. The third-order valence-electron chi connectivity index (χ3n) is 5.88. The molecule has 2 aliphatic rings. The number of carbonyl (C=O) groups excluding carboxylic acids is 2. The molecule has 5 rings (SSSR count). The Kier molecular flexibility index (Phi) is 7.13. The molecule has 1 unspecified atom stereocenters. The van der Waals surface area contributed by atoms with Crippen molar-refractivity contribution < 1.29 is 23.8 Å². The molecular formula is C25H26N2O5S2. The molecule has 1 fully saturated rings. The van der Waals surface area contributed by atoms with E-state index in [2.05, 4.69) is 0 Å². The minimum absolute atomic E-state index is 0.00647. The summed E-state index contributed by atoms with van der Waals surface area (Å²) in [6.07, 6.45) is 1.85. The molecule has 9 heteroatoms. The van der Waals surface area contributed by atoms with Crippen molar-refractivity contribution in [1.29, 1.82) is 0 Å². The van der Waals surface area contributed by atoms with E-state index in [1.54, 1.807) is 27.2 Å². The predicted octanol–water partition coefficient (Wildman–Crippen LogP) is 4.39. The number of fused-ring (bicyclic) bond motifs is 1. The number of hydrogen-bond donors (Lipinski definition) is 0. The van der Waals surface area contributed by atoms with Gasteiger partial charge in [0, 0.05) is 24.6 Å². The molecule has 34 heavy (non-hydrogen) atoms. The van der Waals surface area contributed by atoms with E-state index in [4.69, 9.17) is 14.2 Å². The molecule has 1 saturated heterocycles. The largest absolute Gasteiger partial charge is 0.454 e. The van der Waals surface area contributed by atoms with Gasteiger partial charge < -0.3 is 24.0 Å². The van der Waals surface area contributed by atoms with Crippen LogP contribution in [0.3, 0.4) is 0 Å². The van der Waals surface area contributed by atoms with Crippen LogP contribution in [0.4, 0.5) is 0 Å². The van der Waals surface area contributed by atoms with Crippen molar-refractivity contribution in [3.05, 3.63) is 68.5 Å². The standard InChI is InChI=1S/C25H26N2O5S2/c28-24(16-27(14-19-4-1-9-30-19)25(29)23-6-3-11-34-23)26(15-20-5-2-10-33-20)13-18-7-8-21-22(12-18)32-17-31-21/h2-3,5-8,10-12,19H,1,4,9,13-17H2. The van der Waals surface area contributed by atoms with Crippen LogP contribution in [0.15, 0.2) is 53.2 Å². The topological polar surface area (TPSA) is 68.3 Å². The minimum atomic E-state index is -0.127. The number of carbonyl (C=O) groups is 2. The van der Waals surface area contributed by atoms with E-state index < -0.39 is 0 Å². The molecule has 0 bridgehead atoms. The average molecular weight is 499 g/mol. The zero-order chi connectivity index (χ0) is 23.3. The molecule has 2 aromatic heterocycles. The maximum absolute atomic E-state index is 13.6. The molecule has 7 nitrogen and oxygen atoms in total. The van der Waals surface area contributed by atoms with Gasteiger partial charge in [0.1, 0.15) is 6.54 Å². The number of thiophene rings is 2. The van der Waals surface area contributed by atoms with Crippen molar-refractivity contribution in [1.82, 2.24) is 9.80 Å². The summed E-state index contributed by atoms with van der Waals surface area (Å²) in [5, 5.41) is 3.88. The van der Waals surface area contributed by atoms with Gasteiger partial charge in [0.25, 0.3) is 5.91 Å². The van der Waals surface area contributed by atoms with Gasteiger partial charge in [-0.05, 0) is 53.4 Å². The van der Waals surface area contributed by atoms with E-state index in [9.17, 15) is 9.59 Å². The fraction of sp³-hybridized carbons (Fsp3) is 0.360. The number of hydrogen-bond acceptors (Lipinski definition) is 7. The Morgan fingerprint density at radius 2 is 1.82 bits per heavy atom. The summed E-state index contributed by atoms with van der Waals surface area (Å²) in [5.41, 5.74) is 0.949. The second kappa shape index (κ2) is 10.6. The number of benzene rings is 1. The highest BCUT2D eigenvalue weighted by atomic mass is 32.1. The van der Waals surface area contributed by atoms with Gasteiger partial charge in [-0.3, -0.25) is 9.59 Å². The number of amides is 2. The fourth-order valence-corrected chi connectivity index (χ4v) is 5.57. The maximum Gasteiger partial charge on any atom is 0.264 e. The normalized spacial score (nSPS) is 16.5. The lowest BCUT2D eigenvalue weighted by molar-refractivity contribution is -0.133. The first-order valence-corrected chi connectivity index (χ1v) is 13.0. The molecule has 1 aromatic carbocycles. The first-order chi connectivity index (χ1) is 16.7. The van der Waals surface area contributed by atoms with E-state index in [1.807, 2.05) is 47.2 Å². The third-order valence-corrected chi connectivity index (χ3v) is 7.60. The van der Waals surface area contributed by atoms with Gasteiger partial charge in [-0.25, -0.2) is 0 Å². The SMILES string of the molecule is O=C(CN(CC1CCCO1)C(=O)c1cccs1)N(Cc1ccc2c(c1)OCO2)Cc1cccs1. The van der Waals surface area contributed by atoms with Gasteiger partial charge in [-0.1, -0.05) is 18.2 Å².